The van der Waals surface area contributed by atoms with Crippen LogP contribution in [-0.2, 0) is 0 Å². The van der Waals surface area contributed by atoms with E-state index in [1.807, 2.05) is 0 Å². The van der Waals surface area contributed by atoms with Crippen LogP contribution in [0.25, 0.3) is 16.5 Å². The Hall–Kier alpha value is -1.45. The van der Waals surface area contributed by atoms with Crippen molar-refractivity contribution < 1.29 is 5.11 Å². The van der Waals surface area contributed by atoms with Crippen LogP contribution in [-0.4, -0.2) is 15.6 Å². The maximum Gasteiger partial charge on any atom is 0.0847 e. The summed E-state index contributed by atoms with van der Waals surface area (Å²) in [7, 11) is 0. The highest BCUT2D eigenvalue weighted by Crippen LogP contribution is 2.66. The average Bonchev–Trinajstić information content (AvgIpc) is 3.29. The standard InChI is InChI=1S/C26H31NOS/c1-25-13-11-17(28)15-16(25)7-8-18-20-9-10-22(26(20,2)14-12-21(18)25)24-19-5-3-4-6-23(19)27-29-24/h3-7,10,17-18,20-21,28H,8-9,11-15H2,1-2H3. The van der Waals surface area contributed by atoms with Gasteiger partial charge in [0, 0.05) is 5.39 Å². The van der Waals surface area contributed by atoms with Crippen molar-refractivity contribution in [1.82, 2.24) is 4.37 Å². The molecule has 0 bridgehead atoms. The first-order valence-corrected chi connectivity index (χ1v) is 12.2. The number of aliphatic hydroxyl groups is 1. The molecule has 2 nitrogen and oxygen atoms in total. The highest BCUT2D eigenvalue weighted by atomic mass is 32.1. The van der Waals surface area contributed by atoms with Crippen molar-refractivity contribution in [2.45, 2.75) is 64.9 Å². The highest BCUT2D eigenvalue weighted by Gasteiger charge is 2.57. The van der Waals surface area contributed by atoms with E-state index in [-0.39, 0.29) is 11.5 Å². The first kappa shape index (κ1) is 18.3. The molecule has 152 valence electrons. The van der Waals surface area contributed by atoms with Gasteiger partial charge in [-0.2, -0.15) is 4.37 Å². The Bertz CT molecular complexity index is 1030. The number of hydrogen-bond donors (Lipinski definition) is 1. The summed E-state index contributed by atoms with van der Waals surface area (Å²) in [4.78, 5) is 1.42. The molecule has 0 radical (unpaired) electrons. The van der Waals surface area contributed by atoms with Crippen LogP contribution in [0.4, 0.5) is 0 Å². The number of rotatable bonds is 1. The van der Waals surface area contributed by atoms with Crippen molar-refractivity contribution in [3.8, 4) is 0 Å². The van der Waals surface area contributed by atoms with E-state index in [0.717, 1.165) is 36.1 Å². The van der Waals surface area contributed by atoms with E-state index in [9.17, 15) is 5.11 Å². The minimum Gasteiger partial charge on any atom is -0.393 e. The minimum absolute atomic E-state index is 0.112. The number of aromatic nitrogens is 1. The van der Waals surface area contributed by atoms with Gasteiger partial charge in [-0.3, -0.25) is 0 Å². The van der Waals surface area contributed by atoms with Crippen molar-refractivity contribution >= 4 is 28.0 Å². The minimum atomic E-state index is -0.112. The summed E-state index contributed by atoms with van der Waals surface area (Å²) in [6, 6.07) is 8.64. The van der Waals surface area contributed by atoms with Crippen LogP contribution in [0.15, 0.2) is 42.0 Å². The molecule has 1 aromatic heterocycles. The maximum absolute atomic E-state index is 10.2. The third-order valence-corrected chi connectivity index (χ3v) is 10.2. The fraction of sp³-hybridized carbons (Fsp3) is 0.577. The first-order chi connectivity index (χ1) is 14.0. The van der Waals surface area contributed by atoms with Crippen LogP contribution >= 0.6 is 11.5 Å². The summed E-state index contributed by atoms with van der Waals surface area (Å²) >= 11 is 1.70. The third-order valence-electron chi connectivity index (χ3n) is 9.29. The molecule has 0 amide bonds. The maximum atomic E-state index is 10.2. The Labute approximate surface area is 177 Å². The van der Waals surface area contributed by atoms with E-state index < -0.39 is 0 Å². The molecule has 4 aliphatic rings. The van der Waals surface area contributed by atoms with Gasteiger partial charge >= 0.3 is 0 Å². The Morgan fingerprint density at radius 3 is 2.72 bits per heavy atom. The van der Waals surface area contributed by atoms with Gasteiger partial charge in [-0.25, -0.2) is 0 Å². The summed E-state index contributed by atoms with van der Waals surface area (Å²) < 4.78 is 4.75. The Kier molecular flexibility index (Phi) is 3.97. The summed E-state index contributed by atoms with van der Waals surface area (Å²) in [6.45, 7) is 5.07. The fourth-order valence-electron chi connectivity index (χ4n) is 7.64. The molecule has 29 heavy (non-hydrogen) atoms. The van der Waals surface area contributed by atoms with Gasteiger partial charge in [-0.15, -0.1) is 0 Å². The molecular weight excluding hydrogens is 374 g/mol. The molecular formula is C26H31NOS. The molecule has 6 rings (SSSR count). The Morgan fingerprint density at radius 2 is 1.83 bits per heavy atom. The zero-order chi connectivity index (χ0) is 19.8. The number of fused-ring (bicyclic) bond motifs is 6. The average molecular weight is 406 g/mol. The molecule has 0 aliphatic heterocycles. The highest BCUT2D eigenvalue weighted by molar-refractivity contribution is 7.08. The van der Waals surface area contributed by atoms with Gasteiger partial charge in [0.05, 0.1) is 16.5 Å². The van der Waals surface area contributed by atoms with Crippen molar-refractivity contribution in [3.05, 3.63) is 46.9 Å². The van der Waals surface area contributed by atoms with Gasteiger partial charge < -0.3 is 5.11 Å². The molecule has 2 fully saturated rings. The van der Waals surface area contributed by atoms with E-state index >= 15 is 0 Å². The Morgan fingerprint density at radius 1 is 1.00 bits per heavy atom. The third kappa shape index (κ3) is 2.47. The normalized spacial score (nSPS) is 41.3. The molecule has 6 unspecified atom stereocenters. The van der Waals surface area contributed by atoms with Crippen LogP contribution < -0.4 is 0 Å². The van der Waals surface area contributed by atoms with Crippen molar-refractivity contribution in [1.29, 1.82) is 0 Å². The number of allylic oxidation sites excluding steroid dienone is 3. The predicted molar refractivity (Wildman–Crippen MR) is 121 cm³/mol. The van der Waals surface area contributed by atoms with Gasteiger partial charge in [0.2, 0.25) is 0 Å². The molecule has 3 heteroatoms. The second-order valence-corrected chi connectivity index (χ2v) is 11.3. The Balaban J connectivity index is 1.36. The number of aliphatic hydroxyl groups excluding tert-OH is 1. The lowest BCUT2D eigenvalue weighted by Crippen LogP contribution is -2.49. The van der Waals surface area contributed by atoms with E-state index in [0.29, 0.717) is 5.41 Å². The molecule has 1 N–H and O–H groups in total. The predicted octanol–water partition coefficient (Wildman–Crippen LogP) is 6.61. The first-order valence-electron chi connectivity index (χ1n) is 11.4. The van der Waals surface area contributed by atoms with Crippen molar-refractivity contribution in [3.63, 3.8) is 0 Å². The monoisotopic (exact) mass is 405 g/mol. The summed E-state index contributed by atoms with van der Waals surface area (Å²) in [5, 5.41) is 11.6. The summed E-state index contributed by atoms with van der Waals surface area (Å²) in [5.41, 5.74) is 4.91. The lowest BCUT2D eigenvalue weighted by molar-refractivity contribution is -0.0237. The number of benzene rings is 1. The molecule has 1 aromatic carbocycles. The van der Waals surface area contributed by atoms with Gasteiger partial charge in [0.1, 0.15) is 0 Å². The van der Waals surface area contributed by atoms with Crippen LogP contribution in [0.1, 0.15) is 63.7 Å². The van der Waals surface area contributed by atoms with Crippen molar-refractivity contribution in [2.24, 2.45) is 28.6 Å². The fourth-order valence-corrected chi connectivity index (χ4v) is 8.68. The lowest BCUT2D eigenvalue weighted by atomic mass is 9.47. The van der Waals surface area contributed by atoms with Gasteiger partial charge in [0.25, 0.3) is 0 Å². The molecule has 2 saturated carbocycles. The molecule has 0 saturated heterocycles. The molecule has 6 atom stereocenters. The second kappa shape index (κ2) is 6.28. The van der Waals surface area contributed by atoms with Crippen LogP contribution in [0.3, 0.4) is 0 Å². The molecule has 2 aromatic rings. The second-order valence-electron chi connectivity index (χ2n) is 10.5. The summed E-state index contributed by atoms with van der Waals surface area (Å²) in [6.07, 6.45) is 13.1. The van der Waals surface area contributed by atoms with Gasteiger partial charge in [-0.1, -0.05) is 49.8 Å². The number of hydrogen-bond acceptors (Lipinski definition) is 3. The van der Waals surface area contributed by atoms with Gasteiger partial charge in [0.15, 0.2) is 0 Å². The van der Waals surface area contributed by atoms with E-state index in [4.69, 9.17) is 4.37 Å². The van der Waals surface area contributed by atoms with Crippen LogP contribution in [0, 0.1) is 28.6 Å². The quantitative estimate of drug-likeness (QED) is 0.541. The smallest absolute Gasteiger partial charge is 0.0847 e. The molecule has 4 aliphatic carbocycles. The van der Waals surface area contributed by atoms with E-state index in [2.05, 4.69) is 50.3 Å². The SMILES string of the molecule is CC12CCC(O)CC1=CCC1C2CCC2(C)C(c3snc4ccccc34)=CCC12. The topological polar surface area (TPSA) is 33.1 Å². The van der Waals surface area contributed by atoms with Crippen molar-refractivity contribution in [2.75, 3.05) is 0 Å². The van der Waals surface area contributed by atoms with Gasteiger partial charge in [-0.05, 0) is 96.7 Å². The molecule has 1 heterocycles. The number of nitrogens with zero attached hydrogens (tertiary/aromatic N) is 1. The van der Waals surface area contributed by atoms with E-state index in [1.165, 1.54) is 42.4 Å². The summed E-state index contributed by atoms with van der Waals surface area (Å²) in [5.74, 6) is 2.32. The van der Waals surface area contributed by atoms with E-state index in [1.54, 1.807) is 22.7 Å². The lowest BCUT2D eigenvalue weighted by Gasteiger charge is -2.57. The largest absolute Gasteiger partial charge is 0.393 e. The van der Waals surface area contributed by atoms with Crippen LogP contribution in [0.2, 0.25) is 0 Å². The molecule has 0 spiro atoms. The zero-order valence-electron chi connectivity index (χ0n) is 17.5. The van der Waals surface area contributed by atoms with Crippen LogP contribution in [0.5, 0.6) is 0 Å². The zero-order valence-corrected chi connectivity index (χ0v) is 18.3.